The Labute approximate surface area is 160 Å². The summed E-state index contributed by atoms with van der Waals surface area (Å²) in [4.78, 5) is 26.9. The van der Waals surface area contributed by atoms with E-state index in [-0.39, 0.29) is 12.5 Å². The van der Waals surface area contributed by atoms with E-state index in [1.54, 1.807) is 30.4 Å². The molecule has 0 atom stereocenters. The van der Waals surface area contributed by atoms with Crippen molar-refractivity contribution in [1.29, 1.82) is 0 Å². The summed E-state index contributed by atoms with van der Waals surface area (Å²) in [6, 6.07) is 15.5. The van der Waals surface area contributed by atoms with E-state index in [0.29, 0.717) is 11.5 Å². The highest BCUT2D eigenvalue weighted by molar-refractivity contribution is 7.98. The zero-order chi connectivity index (χ0) is 18.6. The number of hydrogen-bond donors (Lipinski definition) is 1. The van der Waals surface area contributed by atoms with Crippen molar-refractivity contribution < 1.29 is 4.79 Å². The summed E-state index contributed by atoms with van der Waals surface area (Å²) in [5, 5.41) is 3.00. The summed E-state index contributed by atoms with van der Waals surface area (Å²) in [7, 11) is 0. The van der Waals surface area contributed by atoms with Crippen LogP contribution >= 0.6 is 11.8 Å². The molecule has 0 aliphatic carbocycles. The number of rotatable bonds is 5. The van der Waals surface area contributed by atoms with E-state index in [2.05, 4.69) is 20.3 Å². The van der Waals surface area contributed by atoms with Gasteiger partial charge in [-0.15, -0.1) is 11.8 Å². The van der Waals surface area contributed by atoms with E-state index in [1.165, 1.54) is 0 Å². The number of amides is 1. The predicted octanol–water partition coefficient (Wildman–Crippen LogP) is 3.85. The van der Waals surface area contributed by atoms with Gasteiger partial charge in [0.25, 0.3) is 0 Å². The summed E-state index contributed by atoms with van der Waals surface area (Å²) in [6.07, 6.45) is 6.87. The third kappa shape index (κ3) is 3.54. The third-order valence-corrected chi connectivity index (χ3v) is 4.93. The molecule has 0 bridgehead atoms. The fraction of sp³-hybridized carbons (Fsp3) is 0.100. The van der Waals surface area contributed by atoms with Crippen LogP contribution in [-0.2, 0) is 11.3 Å². The van der Waals surface area contributed by atoms with Gasteiger partial charge in [-0.2, -0.15) is 0 Å². The quantitative estimate of drug-likeness (QED) is 0.536. The fourth-order valence-corrected chi connectivity index (χ4v) is 3.48. The Bertz CT molecular complexity index is 1090. The molecule has 0 saturated carbocycles. The molecule has 27 heavy (non-hydrogen) atoms. The van der Waals surface area contributed by atoms with Gasteiger partial charge < -0.3 is 9.88 Å². The second-order valence-corrected chi connectivity index (χ2v) is 6.70. The molecule has 0 aliphatic rings. The molecule has 0 spiro atoms. The number of thioether (sulfide) groups is 1. The number of benzene rings is 2. The Morgan fingerprint density at radius 2 is 1.93 bits per heavy atom. The fourth-order valence-electron chi connectivity index (χ4n) is 2.93. The SMILES string of the molecule is CSc1ccccc1NC(=O)Cn1c(-c2cnccn2)nc2ccccc21. The number of nitrogens with one attached hydrogen (secondary N) is 1. The molecular formula is C20H17N5OS. The number of para-hydroxylation sites is 3. The van der Waals surface area contributed by atoms with Gasteiger partial charge in [-0.05, 0) is 30.5 Å². The number of fused-ring (bicyclic) bond motifs is 1. The number of nitrogens with zero attached hydrogens (tertiary/aromatic N) is 4. The van der Waals surface area contributed by atoms with Crippen LogP contribution < -0.4 is 5.32 Å². The van der Waals surface area contributed by atoms with Crippen LogP contribution in [0, 0.1) is 0 Å². The van der Waals surface area contributed by atoms with Crippen molar-refractivity contribution in [1.82, 2.24) is 19.5 Å². The molecule has 2 heterocycles. The normalized spacial score (nSPS) is 10.9. The Balaban J connectivity index is 1.70. The molecule has 1 N–H and O–H groups in total. The molecular weight excluding hydrogens is 358 g/mol. The highest BCUT2D eigenvalue weighted by Crippen LogP contribution is 2.26. The summed E-state index contributed by atoms with van der Waals surface area (Å²) in [5.41, 5.74) is 3.13. The summed E-state index contributed by atoms with van der Waals surface area (Å²) in [5.74, 6) is 0.502. The van der Waals surface area contributed by atoms with E-state index in [9.17, 15) is 4.79 Å². The van der Waals surface area contributed by atoms with Crippen molar-refractivity contribution in [2.24, 2.45) is 0 Å². The molecule has 0 radical (unpaired) electrons. The van der Waals surface area contributed by atoms with Crippen molar-refractivity contribution >= 4 is 34.4 Å². The largest absolute Gasteiger partial charge is 0.324 e. The Kier molecular flexibility index (Phi) is 4.84. The summed E-state index contributed by atoms with van der Waals surface area (Å²) >= 11 is 1.60. The smallest absolute Gasteiger partial charge is 0.244 e. The number of carbonyl (C=O) groups is 1. The van der Waals surface area contributed by atoms with Crippen molar-refractivity contribution in [3.05, 3.63) is 67.1 Å². The molecule has 1 amide bonds. The minimum absolute atomic E-state index is 0.121. The maximum Gasteiger partial charge on any atom is 0.244 e. The minimum atomic E-state index is -0.121. The lowest BCUT2D eigenvalue weighted by atomic mass is 10.3. The zero-order valence-corrected chi connectivity index (χ0v) is 15.5. The van der Waals surface area contributed by atoms with Crippen LogP contribution in [0.1, 0.15) is 0 Å². The molecule has 0 fully saturated rings. The second kappa shape index (κ2) is 7.59. The van der Waals surface area contributed by atoms with Crippen LogP contribution in [0.5, 0.6) is 0 Å². The van der Waals surface area contributed by atoms with Crippen LogP contribution in [0.2, 0.25) is 0 Å². The number of carbonyl (C=O) groups excluding carboxylic acids is 1. The van der Waals surface area contributed by atoms with Gasteiger partial charge in [0.15, 0.2) is 5.82 Å². The first-order valence-electron chi connectivity index (χ1n) is 8.41. The predicted molar refractivity (Wildman–Crippen MR) is 108 cm³/mol. The van der Waals surface area contributed by atoms with Gasteiger partial charge in [-0.3, -0.25) is 9.78 Å². The topological polar surface area (TPSA) is 72.7 Å². The first kappa shape index (κ1) is 17.2. The second-order valence-electron chi connectivity index (χ2n) is 5.85. The maximum atomic E-state index is 12.8. The molecule has 2 aromatic heterocycles. The van der Waals surface area contributed by atoms with E-state index in [4.69, 9.17) is 0 Å². The van der Waals surface area contributed by atoms with Gasteiger partial charge in [-0.1, -0.05) is 24.3 Å². The van der Waals surface area contributed by atoms with Crippen LogP contribution in [0.25, 0.3) is 22.6 Å². The number of hydrogen-bond acceptors (Lipinski definition) is 5. The van der Waals surface area contributed by atoms with E-state index >= 15 is 0 Å². The first-order chi connectivity index (χ1) is 13.3. The Hall–Kier alpha value is -3.19. The zero-order valence-electron chi connectivity index (χ0n) is 14.7. The van der Waals surface area contributed by atoms with Crippen molar-refractivity contribution in [3.8, 4) is 11.5 Å². The Morgan fingerprint density at radius 1 is 1.11 bits per heavy atom. The molecule has 0 aliphatic heterocycles. The minimum Gasteiger partial charge on any atom is -0.324 e. The third-order valence-electron chi connectivity index (χ3n) is 4.13. The summed E-state index contributed by atoms with van der Waals surface area (Å²) in [6.45, 7) is 0.134. The van der Waals surface area contributed by atoms with Crippen LogP contribution in [0.15, 0.2) is 72.0 Å². The van der Waals surface area contributed by atoms with E-state index < -0.39 is 0 Å². The molecule has 4 rings (SSSR count). The molecule has 0 saturated heterocycles. The molecule has 6 nitrogen and oxygen atoms in total. The van der Waals surface area contributed by atoms with Gasteiger partial charge in [0.1, 0.15) is 12.2 Å². The molecule has 134 valence electrons. The van der Waals surface area contributed by atoms with Crippen molar-refractivity contribution in [2.45, 2.75) is 11.4 Å². The van der Waals surface area contributed by atoms with E-state index in [1.807, 2.05) is 59.4 Å². The first-order valence-corrected chi connectivity index (χ1v) is 9.63. The van der Waals surface area contributed by atoms with Gasteiger partial charge in [0, 0.05) is 17.3 Å². The van der Waals surface area contributed by atoms with Gasteiger partial charge in [0.2, 0.25) is 5.91 Å². The highest BCUT2D eigenvalue weighted by Gasteiger charge is 2.16. The van der Waals surface area contributed by atoms with Crippen LogP contribution in [0.4, 0.5) is 5.69 Å². The molecule has 2 aromatic carbocycles. The lowest BCUT2D eigenvalue weighted by Crippen LogP contribution is -2.19. The van der Waals surface area contributed by atoms with Gasteiger partial charge in [0.05, 0.1) is 22.9 Å². The summed E-state index contributed by atoms with van der Waals surface area (Å²) < 4.78 is 1.87. The molecule has 4 aromatic rings. The number of imidazole rings is 1. The Morgan fingerprint density at radius 3 is 2.74 bits per heavy atom. The number of aromatic nitrogens is 4. The monoisotopic (exact) mass is 375 g/mol. The van der Waals surface area contributed by atoms with Crippen LogP contribution in [0.3, 0.4) is 0 Å². The maximum absolute atomic E-state index is 12.8. The lowest BCUT2D eigenvalue weighted by molar-refractivity contribution is -0.116. The van der Waals surface area contributed by atoms with Crippen molar-refractivity contribution in [3.63, 3.8) is 0 Å². The average molecular weight is 375 g/mol. The molecule has 7 heteroatoms. The number of anilines is 1. The van der Waals surface area contributed by atoms with Crippen LogP contribution in [-0.4, -0.2) is 31.7 Å². The lowest BCUT2D eigenvalue weighted by Gasteiger charge is -2.11. The average Bonchev–Trinajstić information content (AvgIpc) is 3.07. The van der Waals surface area contributed by atoms with Gasteiger partial charge >= 0.3 is 0 Å². The van der Waals surface area contributed by atoms with Crippen molar-refractivity contribution in [2.75, 3.05) is 11.6 Å². The van der Waals surface area contributed by atoms with Gasteiger partial charge in [-0.25, -0.2) is 9.97 Å². The standard InChI is InChI=1S/C20H17N5OS/c1-27-18-9-5-3-7-15(18)23-19(26)13-25-17-8-4-2-6-14(17)24-20(25)16-12-21-10-11-22-16/h2-12H,13H2,1H3,(H,23,26). The van der Waals surface area contributed by atoms with E-state index in [0.717, 1.165) is 21.6 Å². The molecule has 0 unspecified atom stereocenters. The highest BCUT2D eigenvalue weighted by atomic mass is 32.2.